The SMILES string of the molecule is O=C(CCC1CCCN(C(=O)C[n+]2cc(=O)o[nH]2)C1)N1CCN(Cc2ccccc2)CC1. The Morgan fingerprint density at radius 1 is 1.03 bits per heavy atom. The molecule has 2 aliphatic heterocycles. The van der Waals surface area contributed by atoms with Crippen LogP contribution in [0.15, 0.2) is 45.8 Å². The maximum absolute atomic E-state index is 12.7. The lowest BCUT2D eigenvalue weighted by atomic mass is 9.93. The Kier molecular flexibility index (Phi) is 7.36. The lowest BCUT2D eigenvalue weighted by Crippen LogP contribution is -2.49. The molecule has 2 fully saturated rings. The number of carbonyl (C=O) groups is 2. The van der Waals surface area contributed by atoms with Crippen LogP contribution in [-0.2, 0) is 22.7 Å². The van der Waals surface area contributed by atoms with E-state index in [9.17, 15) is 14.4 Å². The first-order valence-electron chi connectivity index (χ1n) is 11.5. The second-order valence-corrected chi connectivity index (χ2v) is 8.80. The number of nitrogens with one attached hydrogen (secondary N) is 1. The van der Waals surface area contributed by atoms with Gasteiger partial charge in [-0.3, -0.25) is 19.0 Å². The van der Waals surface area contributed by atoms with Gasteiger partial charge in [-0.1, -0.05) is 35.0 Å². The molecular weight excluding hydrogens is 410 g/mol. The van der Waals surface area contributed by atoms with Crippen molar-refractivity contribution >= 4 is 11.8 Å². The highest BCUT2D eigenvalue weighted by molar-refractivity contribution is 5.76. The number of rotatable bonds is 7. The highest BCUT2D eigenvalue weighted by Crippen LogP contribution is 2.22. The van der Waals surface area contributed by atoms with Crippen LogP contribution in [0.2, 0.25) is 0 Å². The third kappa shape index (κ3) is 6.06. The number of H-pyrrole nitrogens is 1. The molecule has 0 saturated carbocycles. The Bertz CT molecular complexity index is 949. The summed E-state index contributed by atoms with van der Waals surface area (Å²) in [6.45, 7) is 5.74. The number of nitrogens with zero attached hydrogens (tertiary/aromatic N) is 4. The normalized spacial score (nSPS) is 19.8. The number of aromatic nitrogens is 2. The van der Waals surface area contributed by atoms with Gasteiger partial charge < -0.3 is 9.80 Å². The second-order valence-electron chi connectivity index (χ2n) is 8.80. The summed E-state index contributed by atoms with van der Waals surface area (Å²) in [6.07, 6.45) is 4.56. The van der Waals surface area contributed by atoms with Crippen LogP contribution < -0.4 is 10.3 Å². The number of piperidine rings is 1. The molecule has 1 unspecified atom stereocenters. The monoisotopic (exact) mass is 442 g/mol. The van der Waals surface area contributed by atoms with Crippen LogP contribution >= 0.6 is 0 Å². The van der Waals surface area contributed by atoms with Crippen molar-refractivity contribution in [1.29, 1.82) is 0 Å². The minimum Gasteiger partial charge on any atom is -0.340 e. The van der Waals surface area contributed by atoms with E-state index in [1.807, 2.05) is 15.9 Å². The van der Waals surface area contributed by atoms with E-state index in [1.165, 1.54) is 16.4 Å². The van der Waals surface area contributed by atoms with Gasteiger partial charge in [0.25, 0.3) is 18.6 Å². The zero-order valence-corrected chi connectivity index (χ0v) is 18.4. The van der Waals surface area contributed by atoms with Crippen molar-refractivity contribution in [2.24, 2.45) is 5.92 Å². The zero-order chi connectivity index (χ0) is 22.3. The van der Waals surface area contributed by atoms with Gasteiger partial charge in [-0.05, 0) is 36.0 Å². The Labute approximate surface area is 187 Å². The Hall–Kier alpha value is -2.94. The fourth-order valence-electron chi connectivity index (χ4n) is 4.62. The third-order valence-electron chi connectivity index (χ3n) is 6.44. The van der Waals surface area contributed by atoms with Gasteiger partial charge >= 0.3 is 5.63 Å². The fourth-order valence-corrected chi connectivity index (χ4v) is 4.62. The molecule has 9 nitrogen and oxygen atoms in total. The van der Waals surface area contributed by atoms with Crippen molar-refractivity contribution in [1.82, 2.24) is 20.0 Å². The van der Waals surface area contributed by atoms with E-state index >= 15 is 0 Å². The minimum atomic E-state index is -0.506. The van der Waals surface area contributed by atoms with Crippen molar-refractivity contribution in [2.75, 3.05) is 39.3 Å². The third-order valence-corrected chi connectivity index (χ3v) is 6.44. The number of hydrogen-bond donors (Lipinski definition) is 1. The second kappa shape index (κ2) is 10.6. The van der Waals surface area contributed by atoms with Gasteiger partial charge in [0, 0.05) is 52.2 Å². The summed E-state index contributed by atoms with van der Waals surface area (Å²) >= 11 is 0. The highest BCUT2D eigenvalue weighted by atomic mass is 16.5. The number of amides is 2. The number of piperazine rings is 1. The zero-order valence-electron chi connectivity index (χ0n) is 18.4. The first-order valence-corrected chi connectivity index (χ1v) is 11.5. The van der Waals surface area contributed by atoms with Crippen molar-refractivity contribution in [3.8, 4) is 0 Å². The highest BCUT2D eigenvalue weighted by Gasteiger charge is 2.28. The van der Waals surface area contributed by atoms with Gasteiger partial charge in [0.05, 0.1) is 0 Å². The molecule has 0 aliphatic carbocycles. The van der Waals surface area contributed by atoms with Crippen molar-refractivity contribution in [3.63, 3.8) is 0 Å². The maximum atomic E-state index is 12.7. The molecule has 172 valence electrons. The van der Waals surface area contributed by atoms with E-state index in [0.29, 0.717) is 18.9 Å². The molecule has 32 heavy (non-hydrogen) atoms. The summed E-state index contributed by atoms with van der Waals surface area (Å²) in [6, 6.07) is 10.4. The van der Waals surface area contributed by atoms with E-state index in [-0.39, 0.29) is 18.4 Å². The van der Waals surface area contributed by atoms with Crippen LogP contribution in [-0.4, -0.2) is 71.1 Å². The number of carbonyl (C=O) groups excluding carboxylic acids is 2. The average molecular weight is 443 g/mol. The summed E-state index contributed by atoms with van der Waals surface area (Å²) in [5.74, 6) is 0.515. The van der Waals surface area contributed by atoms with Gasteiger partial charge in [-0.15, -0.1) is 0 Å². The maximum Gasteiger partial charge on any atom is 0.426 e. The van der Waals surface area contributed by atoms with E-state index < -0.39 is 5.63 Å². The van der Waals surface area contributed by atoms with Crippen LogP contribution in [0.5, 0.6) is 0 Å². The van der Waals surface area contributed by atoms with E-state index in [2.05, 4.69) is 39.0 Å². The lowest BCUT2D eigenvalue weighted by molar-refractivity contribution is -0.751. The average Bonchev–Trinajstić information content (AvgIpc) is 3.23. The van der Waals surface area contributed by atoms with Crippen molar-refractivity contribution in [2.45, 2.75) is 38.8 Å². The van der Waals surface area contributed by atoms with Crippen molar-refractivity contribution < 1.29 is 18.8 Å². The fraction of sp³-hybridized carbons (Fsp3) is 0.565. The molecule has 9 heteroatoms. The van der Waals surface area contributed by atoms with Crippen LogP contribution in [0.1, 0.15) is 31.2 Å². The van der Waals surface area contributed by atoms with Crippen LogP contribution in [0, 0.1) is 5.92 Å². The van der Waals surface area contributed by atoms with E-state index in [4.69, 9.17) is 0 Å². The van der Waals surface area contributed by atoms with E-state index in [0.717, 1.165) is 58.5 Å². The van der Waals surface area contributed by atoms with Gasteiger partial charge in [-0.25, -0.2) is 4.79 Å². The Balaban J connectivity index is 1.18. The molecule has 0 bridgehead atoms. The Morgan fingerprint density at radius 2 is 1.81 bits per heavy atom. The molecule has 4 rings (SSSR count). The minimum absolute atomic E-state index is 0.0439. The van der Waals surface area contributed by atoms with Crippen LogP contribution in [0.3, 0.4) is 0 Å². The molecule has 1 aromatic heterocycles. The molecule has 1 atom stereocenters. The molecule has 0 radical (unpaired) electrons. The number of likely N-dealkylation sites (tertiary alicyclic amines) is 1. The van der Waals surface area contributed by atoms with Crippen LogP contribution in [0.25, 0.3) is 0 Å². The summed E-state index contributed by atoms with van der Waals surface area (Å²) < 4.78 is 5.96. The number of aromatic amines is 1. The molecule has 2 aliphatic rings. The first kappa shape index (κ1) is 22.3. The molecule has 3 heterocycles. The Morgan fingerprint density at radius 3 is 2.53 bits per heavy atom. The largest absolute Gasteiger partial charge is 0.426 e. The summed E-state index contributed by atoms with van der Waals surface area (Å²) in [4.78, 5) is 42.6. The van der Waals surface area contributed by atoms with Gasteiger partial charge in [0.15, 0.2) is 0 Å². The molecular formula is C23H32N5O4+. The standard InChI is InChI=1S/C23H31N5O4/c29-21(26-13-11-25(12-14-26)15-19-5-2-1-3-6-19)9-8-20-7-4-10-27(16-20)22(30)17-28-18-23(31)32-24-28/h1-3,5-6,18,20H,4,7-17H2/p+1. The molecule has 0 spiro atoms. The summed E-state index contributed by atoms with van der Waals surface area (Å²) in [7, 11) is 0. The summed E-state index contributed by atoms with van der Waals surface area (Å²) in [5.41, 5.74) is 0.801. The van der Waals surface area contributed by atoms with Gasteiger partial charge in [-0.2, -0.15) is 0 Å². The molecule has 1 N–H and O–H groups in total. The quantitative estimate of drug-likeness (QED) is 0.635. The molecule has 2 aromatic rings. The number of benzene rings is 1. The van der Waals surface area contributed by atoms with Gasteiger partial charge in [0.1, 0.15) is 0 Å². The number of hydrogen-bond acceptors (Lipinski definition) is 5. The molecule has 2 amide bonds. The topological polar surface area (TPSA) is 93.7 Å². The predicted molar refractivity (Wildman–Crippen MR) is 116 cm³/mol. The van der Waals surface area contributed by atoms with Gasteiger partial charge in [0.2, 0.25) is 5.91 Å². The smallest absolute Gasteiger partial charge is 0.340 e. The molecule has 2 saturated heterocycles. The first-order chi connectivity index (χ1) is 15.6. The molecule has 1 aromatic carbocycles. The predicted octanol–water partition coefficient (Wildman–Crippen LogP) is 0.619. The van der Waals surface area contributed by atoms with E-state index in [1.54, 1.807) is 0 Å². The lowest BCUT2D eigenvalue weighted by Gasteiger charge is -2.35. The van der Waals surface area contributed by atoms with Crippen LogP contribution in [0.4, 0.5) is 0 Å². The van der Waals surface area contributed by atoms with Crippen molar-refractivity contribution in [3.05, 3.63) is 52.5 Å². The summed E-state index contributed by atoms with van der Waals surface area (Å²) in [5, 5.41) is 2.41.